The summed E-state index contributed by atoms with van der Waals surface area (Å²) in [7, 11) is 3.25. The molecule has 1 unspecified atom stereocenters. The Morgan fingerprint density at radius 2 is 1.83 bits per heavy atom. The molecule has 0 bridgehead atoms. The molecule has 0 aliphatic heterocycles. The van der Waals surface area contributed by atoms with Gasteiger partial charge in [0, 0.05) is 14.2 Å². The summed E-state index contributed by atoms with van der Waals surface area (Å²) in [5.41, 5.74) is -0.140. The number of hydrogen-bond acceptors (Lipinski definition) is 3. The van der Waals surface area contributed by atoms with Gasteiger partial charge in [-0.25, -0.2) is 0 Å². The molecule has 12 heavy (non-hydrogen) atoms. The van der Waals surface area contributed by atoms with Crippen LogP contribution in [0.3, 0.4) is 0 Å². The molecule has 0 aromatic heterocycles. The Hall–Kier alpha value is -0.120. The van der Waals surface area contributed by atoms with Gasteiger partial charge in [-0.05, 0) is 20.3 Å². The number of rotatable bonds is 6. The molecule has 3 heteroatoms. The summed E-state index contributed by atoms with van der Waals surface area (Å²) in [4.78, 5) is 0. The predicted octanol–water partition coefficient (Wildman–Crippen LogP) is 1.81. The lowest BCUT2D eigenvalue weighted by Gasteiger charge is -2.28. The molecule has 0 amide bonds. The lowest BCUT2D eigenvalue weighted by atomic mass is 10.1. The van der Waals surface area contributed by atoms with Gasteiger partial charge in [0.1, 0.15) is 0 Å². The predicted molar refractivity (Wildman–Crippen MR) is 48.1 cm³/mol. The second kappa shape index (κ2) is 5.51. The lowest BCUT2D eigenvalue weighted by molar-refractivity contribution is -0.207. The van der Waals surface area contributed by atoms with E-state index in [4.69, 9.17) is 14.2 Å². The minimum absolute atomic E-state index is 0.140. The van der Waals surface area contributed by atoms with Crippen LogP contribution in [0.4, 0.5) is 0 Å². The van der Waals surface area contributed by atoms with Crippen LogP contribution in [0.1, 0.15) is 27.2 Å². The van der Waals surface area contributed by atoms with Crippen LogP contribution in [-0.2, 0) is 14.2 Å². The fourth-order valence-electron chi connectivity index (χ4n) is 0.725. The first-order chi connectivity index (χ1) is 5.55. The van der Waals surface area contributed by atoms with E-state index in [1.54, 1.807) is 14.2 Å². The van der Waals surface area contributed by atoms with Gasteiger partial charge in [-0.2, -0.15) is 0 Å². The standard InChI is InChI=1S/C9H20O3/c1-6-9(2,3)12-8(11-5)7-10-4/h8H,6-7H2,1-5H3. The van der Waals surface area contributed by atoms with Crippen molar-refractivity contribution in [3.05, 3.63) is 0 Å². The second-order valence-corrected chi connectivity index (χ2v) is 3.35. The zero-order valence-corrected chi connectivity index (χ0v) is 8.72. The third-order valence-corrected chi connectivity index (χ3v) is 1.87. The highest BCUT2D eigenvalue weighted by molar-refractivity contribution is 4.66. The van der Waals surface area contributed by atoms with E-state index in [9.17, 15) is 0 Å². The maximum atomic E-state index is 5.63. The van der Waals surface area contributed by atoms with Gasteiger partial charge in [0.2, 0.25) is 0 Å². The molecule has 0 spiro atoms. The summed E-state index contributed by atoms with van der Waals surface area (Å²) >= 11 is 0. The molecule has 0 N–H and O–H groups in total. The Kier molecular flexibility index (Phi) is 5.46. The van der Waals surface area contributed by atoms with Crippen LogP contribution in [0, 0.1) is 0 Å². The first kappa shape index (κ1) is 11.9. The van der Waals surface area contributed by atoms with Gasteiger partial charge in [0.15, 0.2) is 6.29 Å². The molecule has 0 radical (unpaired) electrons. The molecular formula is C9H20O3. The zero-order valence-electron chi connectivity index (χ0n) is 8.72. The molecule has 0 aromatic carbocycles. The fourth-order valence-corrected chi connectivity index (χ4v) is 0.725. The van der Waals surface area contributed by atoms with Gasteiger partial charge in [-0.1, -0.05) is 6.92 Å². The van der Waals surface area contributed by atoms with E-state index in [2.05, 4.69) is 6.92 Å². The van der Waals surface area contributed by atoms with Gasteiger partial charge in [-0.15, -0.1) is 0 Å². The molecule has 74 valence electrons. The average Bonchev–Trinajstić information content (AvgIpc) is 2.03. The van der Waals surface area contributed by atoms with Crippen LogP contribution in [-0.4, -0.2) is 32.7 Å². The van der Waals surface area contributed by atoms with Crippen LogP contribution in [0.25, 0.3) is 0 Å². The van der Waals surface area contributed by atoms with E-state index >= 15 is 0 Å². The van der Waals surface area contributed by atoms with Gasteiger partial charge in [0.25, 0.3) is 0 Å². The first-order valence-electron chi connectivity index (χ1n) is 4.25. The van der Waals surface area contributed by atoms with Crippen molar-refractivity contribution in [3.63, 3.8) is 0 Å². The van der Waals surface area contributed by atoms with E-state index < -0.39 is 0 Å². The van der Waals surface area contributed by atoms with E-state index in [0.717, 1.165) is 6.42 Å². The Bertz CT molecular complexity index is 112. The maximum absolute atomic E-state index is 5.63. The van der Waals surface area contributed by atoms with Crippen molar-refractivity contribution >= 4 is 0 Å². The van der Waals surface area contributed by atoms with Gasteiger partial charge < -0.3 is 14.2 Å². The molecule has 3 nitrogen and oxygen atoms in total. The quantitative estimate of drug-likeness (QED) is 0.578. The van der Waals surface area contributed by atoms with Crippen molar-refractivity contribution in [1.29, 1.82) is 0 Å². The normalized spacial score (nSPS) is 14.8. The molecule has 0 aliphatic rings. The van der Waals surface area contributed by atoms with Crippen molar-refractivity contribution in [1.82, 2.24) is 0 Å². The monoisotopic (exact) mass is 176 g/mol. The summed E-state index contributed by atoms with van der Waals surface area (Å²) in [5, 5.41) is 0. The Labute approximate surface area is 75.0 Å². The lowest BCUT2D eigenvalue weighted by Crippen LogP contribution is -2.33. The third kappa shape index (κ3) is 4.70. The Balaban J connectivity index is 3.83. The summed E-state index contributed by atoms with van der Waals surface area (Å²) in [6, 6.07) is 0. The van der Waals surface area contributed by atoms with Gasteiger partial charge >= 0.3 is 0 Å². The summed E-state index contributed by atoms with van der Waals surface area (Å²) in [6.45, 7) is 6.63. The minimum atomic E-state index is -0.259. The minimum Gasteiger partial charge on any atom is -0.379 e. The molecule has 1 atom stereocenters. The topological polar surface area (TPSA) is 27.7 Å². The molecule has 0 fully saturated rings. The largest absolute Gasteiger partial charge is 0.379 e. The second-order valence-electron chi connectivity index (χ2n) is 3.35. The molecule has 0 aromatic rings. The van der Waals surface area contributed by atoms with Crippen LogP contribution in [0.5, 0.6) is 0 Å². The first-order valence-corrected chi connectivity index (χ1v) is 4.25. The fraction of sp³-hybridized carbons (Fsp3) is 1.00. The smallest absolute Gasteiger partial charge is 0.181 e. The van der Waals surface area contributed by atoms with Crippen molar-refractivity contribution in [3.8, 4) is 0 Å². The number of ether oxygens (including phenoxy) is 3. The molecule has 0 saturated carbocycles. The summed E-state index contributed by atoms with van der Waals surface area (Å²) in [6.07, 6.45) is 0.696. The zero-order chi connectivity index (χ0) is 9.61. The van der Waals surface area contributed by atoms with Crippen LogP contribution in [0.15, 0.2) is 0 Å². The van der Waals surface area contributed by atoms with E-state index in [-0.39, 0.29) is 11.9 Å². The van der Waals surface area contributed by atoms with E-state index in [0.29, 0.717) is 6.61 Å². The Morgan fingerprint density at radius 1 is 1.25 bits per heavy atom. The SMILES string of the molecule is CCC(C)(C)OC(COC)OC. The molecule has 0 aliphatic carbocycles. The van der Waals surface area contributed by atoms with Gasteiger partial charge in [0.05, 0.1) is 12.2 Å². The highest BCUT2D eigenvalue weighted by Crippen LogP contribution is 2.16. The van der Waals surface area contributed by atoms with Crippen LogP contribution in [0.2, 0.25) is 0 Å². The number of hydrogen-bond donors (Lipinski definition) is 0. The number of methoxy groups -OCH3 is 2. The average molecular weight is 176 g/mol. The van der Waals surface area contributed by atoms with Crippen molar-refractivity contribution in [2.24, 2.45) is 0 Å². The molecule has 0 heterocycles. The highest BCUT2D eigenvalue weighted by atomic mass is 16.7. The summed E-state index contributed by atoms with van der Waals surface area (Å²) in [5.74, 6) is 0. The van der Waals surface area contributed by atoms with Gasteiger partial charge in [-0.3, -0.25) is 0 Å². The molecule has 0 saturated heterocycles. The summed E-state index contributed by atoms with van der Waals surface area (Å²) < 4.78 is 15.6. The molecule has 0 rings (SSSR count). The van der Waals surface area contributed by atoms with Crippen molar-refractivity contribution in [2.75, 3.05) is 20.8 Å². The molecular weight excluding hydrogens is 156 g/mol. The Morgan fingerprint density at radius 3 is 2.17 bits per heavy atom. The van der Waals surface area contributed by atoms with Crippen molar-refractivity contribution < 1.29 is 14.2 Å². The third-order valence-electron chi connectivity index (χ3n) is 1.87. The van der Waals surface area contributed by atoms with Crippen LogP contribution >= 0.6 is 0 Å². The van der Waals surface area contributed by atoms with Crippen LogP contribution < -0.4 is 0 Å². The van der Waals surface area contributed by atoms with E-state index in [1.165, 1.54) is 0 Å². The van der Waals surface area contributed by atoms with Crippen molar-refractivity contribution in [2.45, 2.75) is 39.1 Å². The highest BCUT2D eigenvalue weighted by Gasteiger charge is 2.21. The van der Waals surface area contributed by atoms with E-state index in [1.807, 2.05) is 13.8 Å². The maximum Gasteiger partial charge on any atom is 0.181 e.